The second kappa shape index (κ2) is 6.30. The predicted octanol–water partition coefficient (Wildman–Crippen LogP) is 2.08. The van der Waals surface area contributed by atoms with Crippen LogP contribution in [0.2, 0.25) is 0 Å². The highest BCUT2D eigenvalue weighted by Gasteiger charge is 2.26. The van der Waals surface area contributed by atoms with Gasteiger partial charge in [-0.2, -0.15) is 10.2 Å². The molecule has 2 rings (SSSR count). The fraction of sp³-hybridized carbons (Fsp3) is 0.600. The third kappa shape index (κ3) is 2.81. The van der Waals surface area contributed by atoms with E-state index >= 15 is 0 Å². The quantitative estimate of drug-likeness (QED) is 0.885. The lowest BCUT2D eigenvalue weighted by Crippen LogP contribution is -2.23. The molecular weight excluding hydrogens is 266 g/mol. The molecule has 6 nitrogen and oxygen atoms in total. The van der Waals surface area contributed by atoms with Crippen LogP contribution in [0.3, 0.4) is 0 Å². The van der Waals surface area contributed by atoms with Crippen molar-refractivity contribution in [2.75, 3.05) is 14.2 Å². The van der Waals surface area contributed by atoms with E-state index in [1.54, 1.807) is 13.3 Å². The minimum absolute atomic E-state index is 0.00787. The summed E-state index contributed by atoms with van der Waals surface area (Å²) in [7, 11) is 5.59. The number of nitrogens with one attached hydrogen (secondary N) is 1. The smallest absolute Gasteiger partial charge is 0.161 e. The van der Waals surface area contributed by atoms with E-state index in [2.05, 4.69) is 42.5 Å². The van der Waals surface area contributed by atoms with Crippen LogP contribution in [0.4, 0.5) is 0 Å². The zero-order valence-corrected chi connectivity index (χ0v) is 13.7. The molecule has 21 heavy (non-hydrogen) atoms. The van der Waals surface area contributed by atoms with Gasteiger partial charge in [0, 0.05) is 24.8 Å². The molecule has 1 atom stereocenters. The number of nitrogens with zero attached hydrogens (tertiary/aromatic N) is 4. The summed E-state index contributed by atoms with van der Waals surface area (Å²) in [5, 5.41) is 12.4. The molecule has 1 unspecified atom stereocenters. The summed E-state index contributed by atoms with van der Waals surface area (Å²) in [6.45, 7) is 6.36. The zero-order chi connectivity index (χ0) is 15.6. The van der Waals surface area contributed by atoms with Crippen molar-refractivity contribution < 1.29 is 4.74 Å². The molecular formula is C15H25N5O. The van der Waals surface area contributed by atoms with Crippen LogP contribution in [-0.2, 0) is 13.5 Å². The van der Waals surface area contributed by atoms with Crippen molar-refractivity contribution in [2.24, 2.45) is 7.05 Å². The average Bonchev–Trinajstić information content (AvgIpc) is 3.03. The molecule has 0 bridgehead atoms. The van der Waals surface area contributed by atoms with Gasteiger partial charge in [-0.15, -0.1) is 0 Å². The highest BCUT2D eigenvalue weighted by atomic mass is 16.5. The van der Waals surface area contributed by atoms with Crippen molar-refractivity contribution in [3.8, 4) is 5.75 Å². The first-order chi connectivity index (χ1) is 10.0. The Balaban J connectivity index is 2.58. The van der Waals surface area contributed by atoms with Crippen LogP contribution in [0.15, 0.2) is 12.4 Å². The molecule has 0 saturated heterocycles. The summed E-state index contributed by atoms with van der Waals surface area (Å²) in [5.41, 5.74) is 3.30. The molecule has 0 aromatic carbocycles. The Hall–Kier alpha value is -1.82. The number of methoxy groups -OCH3 is 1. The van der Waals surface area contributed by atoms with E-state index < -0.39 is 0 Å². The molecule has 0 aliphatic carbocycles. The van der Waals surface area contributed by atoms with Gasteiger partial charge in [-0.1, -0.05) is 6.92 Å². The standard InChI is InChI=1S/C15H25N5O/c1-7-12-11(9-19(5)18-12)14(16-4)15-13(21-6)8-17-20(15)10(2)3/h8-10,14,16H,7H2,1-6H3. The third-order valence-corrected chi connectivity index (χ3v) is 3.65. The zero-order valence-electron chi connectivity index (χ0n) is 13.7. The van der Waals surface area contributed by atoms with E-state index in [4.69, 9.17) is 4.74 Å². The molecule has 0 radical (unpaired) electrons. The summed E-state index contributed by atoms with van der Waals surface area (Å²) in [6, 6.07) is 0.273. The van der Waals surface area contributed by atoms with E-state index in [0.29, 0.717) is 0 Å². The lowest BCUT2D eigenvalue weighted by molar-refractivity contribution is 0.396. The van der Waals surface area contributed by atoms with Crippen molar-refractivity contribution in [3.05, 3.63) is 29.3 Å². The Morgan fingerprint density at radius 1 is 1.38 bits per heavy atom. The molecule has 0 fully saturated rings. The molecule has 2 aromatic rings. The highest BCUT2D eigenvalue weighted by molar-refractivity contribution is 5.37. The Labute approximate surface area is 126 Å². The topological polar surface area (TPSA) is 56.9 Å². The van der Waals surface area contributed by atoms with Crippen LogP contribution in [-0.4, -0.2) is 33.7 Å². The number of hydrogen-bond donors (Lipinski definition) is 1. The molecule has 2 aromatic heterocycles. The van der Waals surface area contributed by atoms with E-state index in [1.807, 2.05) is 23.5 Å². The van der Waals surface area contributed by atoms with Gasteiger partial charge in [-0.05, 0) is 27.3 Å². The minimum atomic E-state index is 0.00787. The molecule has 0 spiro atoms. The SMILES string of the molecule is CCc1nn(C)cc1C(NC)c1c(OC)cnn1C(C)C. The fourth-order valence-electron chi connectivity index (χ4n) is 2.71. The lowest BCUT2D eigenvalue weighted by Gasteiger charge is -2.21. The van der Waals surface area contributed by atoms with Crippen LogP contribution >= 0.6 is 0 Å². The summed E-state index contributed by atoms with van der Waals surface area (Å²) < 4.78 is 9.38. The molecule has 0 aliphatic heterocycles. The van der Waals surface area contributed by atoms with Gasteiger partial charge in [0.05, 0.1) is 25.0 Å². The van der Waals surface area contributed by atoms with Crippen molar-refractivity contribution in [2.45, 2.75) is 39.3 Å². The predicted molar refractivity (Wildman–Crippen MR) is 82.7 cm³/mol. The number of ether oxygens (including phenoxy) is 1. The van der Waals surface area contributed by atoms with Crippen LogP contribution in [0.25, 0.3) is 0 Å². The van der Waals surface area contributed by atoms with Crippen molar-refractivity contribution in [3.63, 3.8) is 0 Å². The second-order valence-corrected chi connectivity index (χ2v) is 5.42. The van der Waals surface area contributed by atoms with Gasteiger partial charge in [0.1, 0.15) is 5.69 Å². The van der Waals surface area contributed by atoms with E-state index in [0.717, 1.165) is 23.6 Å². The van der Waals surface area contributed by atoms with Gasteiger partial charge in [0.25, 0.3) is 0 Å². The number of aryl methyl sites for hydroxylation is 2. The summed E-state index contributed by atoms with van der Waals surface area (Å²) in [5.74, 6) is 0.800. The minimum Gasteiger partial charge on any atom is -0.493 e. The first-order valence-corrected chi connectivity index (χ1v) is 7.34. The van der Waals surface area contributed by atoms with E-state index in [-0.39, 0.29) is 12.1 Å². The first kappa shape index (κ1) is 15.6. The Kier molecular flexibility index (Phi) is 4.67. The second-order valence-electron chi connectivity index (χ2n) is 5.42. The average molecular weight is 291 g/mol. The van der Waals surface area contributed by atoms with Crippen molar-refractivity contribution >= 4 is 0 Å². The van der Waals surface area contributed by atoms with E-state index in [9.17, 15) is 0 Å². The summed E-state index contributed by atoms with van der Waals surface area (Å²) in [6.07, 6.45) is 4.74. The molecule has 116 valence electrons. The summed E-state index contributed by atoms with van der Waals surface area (Å²) >= 11 is 0. The first-order valence-electron chi connectivity index (χ1n) is 7.34. The number of hydrogen-bond acceptors (Lipinski definition) is 4. The third-order valence-electron chi connectivity index (χ3n) is 3.65. The van der Waals surface area contributed by atoms with Crippen LogP contribution in [0, 0.1) is 0 Å². The van der Waals surface area contributed by atoms with Gasteiger partial charge in [0.15, 0.2) is 5.75 Å². The van der Waals surface area contributed by atoms with Gasteiger partial charge in [-0.3, -0.25) is 9.36 Å². The monoisotopic (exact) mass is 291 g/mol. The highest BCUT2D eigenvalue weighted by Crippen LogP contribution is 2.33. The largest absolute Gasteiger partial charge is 0.493 e. The van der Waals surface area contributed by atoms with E-state index in [1.165, 1.54) is 5.56 Å². The maximum absolute atomic E-state index is 5.51. The normalized spacial score (nSPS) is 12.9. The Morgan fingerprint density at radius 2 is 2.10 bits per heavy atom. The van der Waals surface area contributed by atoms with Crippen LogP contribution in [0.1, 0.15) is 49.8 Å². The molecule has 0 amide bonds. The van der Waals surface area contributed by atoms with Gasteiger partial charge in [-0.25, -0.2) is 0 Å². The van der Waals surface area contributed by atoms with Gasteiger partial charge >= 0.3 is 0 Å². The molecule has 0 aliphatic rings. The maximum atomic E-state index is 5.51. The van der Waals surface area contributed by atoms with Gasteiger partial charge in [0.2, 0.25) is 0 Å². The summed E-state index contributed by atoms with van der Waals surface area (Å²) in [4.78, 5) is 0. The molecule has 0 saturated carbocycles. The lowest BCUT2D eigenvalue weighted by atomic mass is 10.0. The number of aromatic nitrogens is 4. The van der Waals surface area contributed by atoms with Crippen LogP contribution in [0.5, 0.6) is 5.75 Å². The van der Waals surface area contributed by atoms with Crippen molar-refractivity contribution in [1.82, 2.24) is 24.9 Å². The van der Waals surface area contributed by atoms with Gasteiger partial charge < -0.3 is 10.1 Å². The van der Waals surface area contributed by atoms with Crippen molar-refractivity contribution in [1.29, 1.82) is 0 Å². The Morgan fingerprint density at radius 3 is 2.62 bits per heavy atom. The maximum Gasteiger partial charge on any atom is 0.161 e. The Bertz CT molecular complexity index is 599. The number of rotatable bonds is 6. The molecule has 1 N–H and O–H groups in total. The fourth-order valence-corrected chi connectivity index (χ4v) is 2.71. The molecule has 6 heteroatoms. The molecule has 2 heterocycles. The van der Waals surface area contributed by atoms with Crippen LogP contribution < -0.4 is 10.1 Å².